The summed E-state index contributed by atoms with van der Waals surface area (Å²) in [7, 11) is 0. The third-order valence-electron chi connectivity index (χ3n) is 3.05. The van der Waals surface area contributed by atoms with E-state index in [9.17, 15) is 13.2 Å². The highest BCUT2D eigenvalue weighted by Crippen LogP contribution is 2.34. The molecular weight excluding hydrogens is 227 g/mol. The van der Waals surface area contributed by atoms with Gasteiger partial charge in [-0.15, -0.1) is 0 Å². The van der Waals surface area contributed by atoms with Gasteiger partial charge in [-0.1, -0.05) is 19.9 Å². The maximum absolute atomic E-state index is 12.5. The first-order valence-corrected chi connectivity index (χ1v) is 5.57. The summed E-state index contributed by atoms with van der Waals surface area (Å²) in [4.78, 5) is 0. The minimum absolute atomic E-state index is 0.192. The maximum atomic E-state index is 12.5. The largest absolute Gasteiger partial charge is 0.416 e. The van der Waals surface area contributed by atoms with Crippen LogP contribution >= 0.6 is 0 Å². The van der Waals surface area contributed by atoms with E-state index in [2.05, 4.69) is 0 Å². The van der Waals surface area contributed by atoms with Crippen LogP contribution in [0.3, 0.4) is 0 Å². The van der Waals surface area contributed by atoms with Crippen molar-refractivity contribution in [3.63, 3.8) is 0 Å². The van der Waals surface area contributed by atoms with Crippen molar-refractivity contribution in [2.45, 2.75) is 38.8 Å². The van der Waals surface area contributed by atoms with Gasteiger partial charge in [0.25, 0.3) is 0 Å². The van der Waals surface area contributed by atoms with Crippen molar-refractivity contribution in [3.05, 3.63) is 34.9 Å². The van der Waals surface area contributed by atoms with Crippen LogP contribution in [0.5, 0.6) is 0 Å². The van der Waals surface area contributed by atoms with E-state index in [1.54, 1.807) is 13.0 Å². The van der Waals surface area contributed by atoms with E-state index in [1.165, 1.54) is 6.07 Å². The Hall–Kier alpha value is -1.03. The Morgan fingerprint density at radius 1 is 1.18 bits per heavy atom. The molecule has 0 amide bonds. The second kappa shape index (κ2) is 4.69. The van der Waals surface area contributed by atoms with Gasteiger partial charge in [-0.25, -0.2) is 0 Å². The molecule has 0 fully saturated rings. The van der Waals surface area contributed by atoms with Gasteiger partial charge in [0.05, 0.1) is 5.56 Å². The molecule has 0 unspecified atom stereocenters. The van der Waals surface area contributed by atoms with Crippen LogP contribution in [0.1, 0.15) is 37.0 Å². The zero-order valence-electron chi connectivity index (χ0n) is 10.4. The molecule has 0 bridgehead atoms. The first-order chi connectivity index (χ1) is 7.68. The van der Waals surface area contributed by atoms with E-state index in [0.717, 1.165) is 18.1 Å². The lowest BCUT2D eigenvalue weighted by Crippen LogP contribution is -2.23. The van der Waals surface area contributed by atoms with Crippen LogP contribution in [-0.4, -0.2) is 6.54 Å². The third kappa shape index (κ3) is 3.22. The first-order valence-electron chi connectivity index (χ1n) is 5.57. The highest BCUT2D eigenvalue weighted by atomic mass is 19.4. The number of rotatable bonds is 3. The molecule has 0 atom stereocenters. The molecule has 1 aromatic carbocycles. The van der Waals surface area contributed by atoms with E-state index in [-0.39, 0.29) is 5.41 Å². The summed E-state index contributed by atoms with van der Waals surface area (Å²) in [6.07, 6.45) is -3.53. The Balaban J connectivity index is 3.14. The van der Waals surface area contributed by atoms with Crippen molar-refractivity contribution < 1.29 is 13.2 Å². The van der Waals surface area contributed by atoms with E-state index in [1.807, 2.05) is 13.8 Å². The standard InChI is InChI=1S/C13H18F3N/c1-9-8-10(13(14,15)16)4-5-11(9)12(2,3)6-7-17/h4-5,8H,6-7,17H2,1-3H3. The molecule has 1 aromatic rings. The number of nitrogens with two attached hydrogens (primary N) is 1. The molecule has 0 saturated heterocycles. The van der Waals surface area contributed by atoms with Crippen LogP contribution in [0.2, 0.25) is 0 Å². The lowest BCUT2D eigenvalue weighted by atomic mass is 9.79. The predicted molar refractivity (Wildman–Crippen MR) is 62.9 cm³/mol. The average Bonchev–Trinajstić information content (AvgIpc) is 2.15. The van der Waals surface area contributed by atoms with Crippen LogP contribution in [0.15, 0.2) is 18.2 Å². The maximum Gasteiger partial charge on any atom is 0.416 e. The van der Waals surface area contributed by atoms with Crippen molar-refractivity contribution in [1.82, 2.24) is 0 Å². The van der Waals surface area contributed by atoms with Gasteiger partial charge in [0.15, 0.2) is 0 Å². The molecule has 0 heterocycles. The Labute approximate surface area is 99.8 Å². The molecule has 4 heteroatoms. The molecule has 0 aliphatic rings. The summed E-state index contributed by atoms with van der Waals surface area (Å²) >= 11 is 0. The molecule has 1 nitrogen and oxygen atoms in total. The van der Waals surface area contributed by atoms with E-state index in [0.29, 0.717) is 12.1 Å². The van der Waals surface area contributed by atoms with E-state index in [4.69, 9.17) is 5.73 Å². The SMILES string of the molecule is Cc1cc(C(F)(F)F)ccc1C(C)(C)CCN. The van der Waals surface area contributed by atoms with Crippen molar-refractivity contribution in [2.24, 2.45) is 5.73 Å². The lowest BCUT2D eigenvalue weighted by molar-refractivity contribution is -0.137. The number of aryl methyl sites for hydroxylation is 1. The number of hydrogen-bond acceptors (Lipinski definition) is 1. The Bertz CT molecular complexity index is 394. The van der Waals surface area contributed by atoms with Gasteiger partial charge >= 0.3 is 6.18 Å². The van der Waals surface area contributed by atoms with Crippen molar-refractivity contribution in [1.29, 1.82) is 0 Å². The quantitative estimate of drug-likeness (QED) is 0.864. The van der Waals surface area contributed by atoms with Gasteiger partial charge < -0.3 is 5.73 Å². The molecule has 96 valence electrons. The van der Waals surface area contributed by atoms with Gasteiger partial charge in [0.2, 0.25) is 0 Å². The molecule has 0 aliphatic carbocycles. The van der Waals surface area contributed by atoms with Crippen LogP contribution < -0.4 is 5.73 Å². The summed E-state index contributed by atoms with van der Waals surface area (Å²) in [6.45, 7) is 6.22. The minimum atomic E-state index is -4.28. The van der Waals surface area contributed by atoms with E-state index >= 15 is 0 Å². The highest BCUT2D eigenvalue weighted by Gasteiger charge is 2.31. The summed E-state index contributed by atoms with van der Waals surface area (Å²) in [5.74, 6) is 0. The van der Waals surface area contributed by atoms with Crippen LogP contribution in [0.4, 0.5) is 13.2 Å². The van der Waals surface area contributed by atoms with Crippen molar-refractivity contribution in [3.8, 4) is 0 Å². The first kappa shape index (κ1) is 14.0. The molecule has 0 spiro atoms. The second-order valence-corrected chi connectivity index (χ2v) is 4.95. The van der Waals surface area contributed by atoms with Crippen molar-refractivity contribution >= 4 is 0 Å². The second-order valence-electron chi connectivity index (χ2n) is 4.95. The number of hydrogen-bond donors (Lipinski definition) is 1. The zero-order valence-corrected chi connectivity index (χ0v) is 10.4. The van der Waals surface area contributed by atoms with Crippen LogP contribution in [0.25, 0.3) is 0 Å². The van der Waals surface area contributed by atoms with Crippen molar-refractivity contribution in [2.75, 3.05) is 6.54 Å². The van der Waals surface area contributed by atoms with Crippen LogP contribution in [-0.2, 0) is 11.6 Å². The molecular formula is C13H18F3N. The number of halogens is 3. The molecule has 0 aromatic heterocycles. The zero-order chi connectivity index (χ0) is 13.3. The number of benzene rings is 1. The summed E-state index contributed by atoms with van der Waals surface area (Å²) < 4.78 is 37.6. The fourth-order valence-electron chi connectivity index (χ4n) is 2.09. The van der Waals surface area contributed by atoms with Gasteiger partial charge in [-0.2, -0.15) is 13.2 Å². The average molecular weight is 245 g/mol. The molecule has 17 heavy (non-hydrogen) atoms. The van der Waals surface area contributed by atoms with Gasteiger partial charge in [-0.05, 0) is 48.6 Å². The van der Waals surface area contributed by atoms with E-state index < -0.39 is 11.7 Å². The molecule has 0 saturated carbocycles. The topological polar surface area (TPSA) is 26.0 Å². The lowest BCUT2D eigenvalue weighted by Gasteiger charge is -2.27. The predicted octanol–water partition coefficient (Wildman–Crippen LogP) is 3.64. The van der Waals surface area contributed by atoms with Gasteiger partial charge in [0.1, 0.15) is 0 Å². The fourth-order valence-corrected chi connectivity index (χ4v) is 2.09. The highest BCUT2D eigenvalue weighted by molar-refractivity contribution is 5.37. The molecule has 0 radical (unpaired) electrons. The smallest absolute Gasteiger partial charge is 0.330 e. The molecule has 1 rings (SSSR count). The number of alkyl halides is 3. The monoisotopic (exact) mass is 245 g/mol. The van der Waals surface area contributed by atoms with Gasteiger partial charge in [0, 0.05) is 0 Å². The van der Waals surface area contributed by atoms with Gasteiger partial charge in [-0.3, -0.25) is 0 Å². The minimum Gasteiger partial charge on any atom is -0.330 e. The molecule has 0 aliphatic heterocycles. The third-order valence-corrected chi connectivity index (χ3v) is 3.05. The summed E-state index contributed by atoms with van der Waals surface area (Å²) in [6, 6.07) is 3.90. The summed E-state index contributed by atoms with van der Waals surface area (Å²) in [5.41, 5.74) is 6.33. The summed E-state index contributed by atoms with van der Waals surface area (Å²) in [5, 5.41) is 0. The molecule has 2 N–H and O–H groups in total. The van der Waals surface area contributed by atoms with Crippen LogP contribution in [0, 0.1) is 6.92 Å². The Morgan fingerprint density at radius 3 is 2.18 bits per heavy atom. The Morgan fingerprint density at radius 2 is 1.76 bits per heavy atom. The Kier molecular flexibility index (Phi) is 3.87. The fraction of sp³-hybridized carbons (Fsp3) is 0.538. The normalized spacial score (nSPS) is 12.9.